The van der Waals surface area contributed by atoms with Crippen molar-refractivity contribution in [1.82, 2.24) is 10.2 Å². The van der Waals surface area contributed by atoms with Crippen molar-refractivity contribution < 1.29 is 22.7 Å². The van der Waals surface area contributed by atoms with E-state index in [2.05, 4.69) is 21.2 Å². The van der Waals surface area contributed by atoms with E-state index in [4.69, 9.17) is 16.3 Å². The summed E-state index contributed by atoms with van der Waals surface area (Å²) in [5, 5.41) is 3.26. The van der Waals surface area contributed by atoms with Crippen molar-refractivity contribution in [3.63, 3.8) is 0 Å². The van der Waals surface area contributed by atoms with E-state index in [0.717, 1.165) is 9.87 Å². The van der Waals surface area contributed by atoms with Crippen LogP contribution in [0.5, 0.6) is 5.75 Å². The number of benzene rings is 3. The molecule has 3 rings (SSSR count). The Balaban J connectivity index is 2.06. The zero-order chi connectivity index (χ0) is 29.6. The van der Waals surface area contributed by atoms with Crippen molar-refractivity contribution in [2.45, 2.75) is 51.2 Å². The van der Waals surface area contributed by atoms with Crippen LogP contribution in [0.25, 0.3) is 0 Å². The minimum absolute atomic E-state index is 0.0149. The minimum atomic E-state index is -4.22. The van der Waals surface area contributed by atoms with Gasteiger partial charge in [-0.3, -0.25) is 13.9 Å². The van der Waals surface area contributed by atoms with Crippen LogP contribution in [0.3, 0.4) is 0 Å². The summed E-state index contributed by atoms with van der Waals surface area (Å²) >= 11 is 9.74. The van der Waals surface area contributed by atoms with Gasteiger partial charge >= 0.3 is 0 Å². The topological polar surface area (TPSA) is 96.0 Å². The van der Waals surface area contributed by atoms with Crippen molar-refractivity contribution in [3.05, 3.63) is 87.4 Å². The number of anilines is 1. The minimum Gasteiger partial charge on any atom is -0.496 e. The molecular weight excluding hydrogens is 618 g/mol. The highest BCUT2D eigenvalue weighted by Crippen LogP contribution is 2.31. The number of amides is 2. The maximum Gasteiger partial charge on any atom is 0.264 e. The molecule has 11 heteroatoms. The van der Waals surface area contributed by atoms with Gasteiger partial charge in [-0.15, -0.1) is 0 Å². The number of nitrogens with zero attached hydrogens (tertiary/aromatic N) is 2. The third kappa shape index (κ3) is 7.56. The number of carbonyl (C=O) groups is 2. The van der Waals surface area contributed by atoms with E-state index < -0.39 is 28.5 Å². The number of methoxy groups -OCH3 is 1. The maximum atomic E-state index is 14.0. The van der Waals surface area contributed by atoms with E-state index in [1.807, 2.05) is 20.8 Å². The molecule has 1 atom stereocenters. The summed E-state index contributed by atoms with van der Waals surface area (Å²) in [7, 11) is -2.73. The SMILES string of the molecule is COc1ccc(S(=O)(=O)N(CC(=O)N(Cc2ccccc2Cl)C(C)C(=O)NC(C)C)c2ccc(C)cc2)cc1Br. The second-order valence-corrected chi connectivity index (χ2v) is 12.7. The molecule has 214 valence electrons. The van der Waals surface area contributed by atoms with Gasteiger partial charge in [0.2, 0.25) is 11.8 Å². The Bertz CT molecular complexity index is 1460. The molecule has 0 saturated heterocycles. The molecule has 0 fully saturated rings. The molecule has 1 N–H and O–H groups in total. The van der Waals surface area contributed by atoms with Gasteiger partial charge in [0.15, 0.2) is 0 Å². The molecule has 3 aromatic carbocycles. The Kier molecular flexibility index (Phi) is 10.6. The first-order valence-electron chi connectivity index (χ1n) is 12.6. The Morgan fingerprint density at radius 1 is 1.02 bits per heavy atom. The van der Waals surface area contributed by atoms with E-state index in [-0.39, 0.29) is 23.4 Å². The van der Waals surface area contributed by atoms with Gasteiger partial charge in [0.25, 0.3) is 10.0 Å². The lowest BCUT2D eigenvalue weighted by Gasteiger charge is -2.32. The van der Waals surface area contributed by atoms with Crippen molar-refractivity contribution >= 4 is 55.1 Å². The average Bonchev–Trinajstić information content (AvgIpc) is 2.90. The number of hydrogen-bond donors (Lipinski definition) is 1. The quantitative estimate of drug-likeness (QED) is 0.293. The molecule has 0 spiro atoms. The Labute approximate surface area is 249 Å². The Morgan fingerprint density at radius 2 is 1.68 bits per heavy atom. The predicted octanol–water partition coefficient (Wildman–Crippen LogP) is 5.56. The highest BCUT2D eigenvalue weighted by Gasteiger charge is 2.33. The number of rotatable bonds is 11. The molecule has 0 heterocycles. The van der Waals surface area contributed by atoms with Crippen LogP contribution in [0.2, 0.25) is 5.02 Å². The molecule has 3 aromatic rings. The van der Waals surface area contributed by atoms with Crippen LogP contribution in [0.4, 0.5) is 5.69 Å². The van der Waals surface area contributed by atoms with Gasteiger partial charge in [-0.25, -0.2) is 8.42 Å². The summed E-state index contributed by atoms with van der Waals surface area (Å²) < 4.78 is 34.7. The van der Waals surface area contributed by atoms with Gasteiger partial charge in [0, 0.05) is 17.6 Å². The molecule has 2 amide bonds. The average molecular weight is 651 g/mol. The first-order chi connectivity index (χ1) is 18.8. The highest BCUT2D eigenvalue weighted by molar-refractivity contribution is 9.10. The summed E-state index contributed by atoms with van der Waals surface area (Å²) in [5.74, 6) is -0.463. The molecule has 0 saturated carbocycles. The number of hydrogen-bond acceptors (Lipinski definition) is 5. The lowest BCUT2D eigenvalue weighted by atomic mass is 10.1. The number of sulfonamides is 1. The Hall–Kier alpha value is -3.08. The van der Waals surface area contributed by atoms with Gasteiger partial charge in [0.1, 0.15) is 18.3 Å². The second-order valence-electron chi connectivity index (χ2n) is 9.60. The molecule has 0 aliphatic heterocycles. The van der Waals surface area contributed by atoms with Crippen LogP contribution in [0.15, 0.2) is 76.1 Å². The van der Waals surface area contributed by atoms with E-state index in [0.29, 0.717) is 26.5 Å². The maximum absolute atomic E-state index is 14.0. The zero-order valence-electron chi connectivity index (χ0n) is 23.0. The summed E-state index contributed by atoms with van der Waals surface area (Å²) in [4.78, 5) is 28.3. The van der Waals surface area contributed by atoms with Crippen LogP contribution in [-0.2, 0) is 26.2 Å². The molecule has 0 radical (unpaired) electrons. The third-order valence-electron chi connectivity index (χ3n) is 6.21. The zero-order valence-corrected chi connectivity index (χ0v) is 26.2. The van der Waals surface area contributed by atoms with Gasteiger partial charge in [-0.1, -0.05) is 47.5 Å². The number of halogens is 2. The van der Waals surface area contributed by atoms with Crippen molar-refractivity contribution in [3.8, 4) is 5.75 Å². The summed E-state index contributed by atoms with van der Waals surface area (Å²) in [6.45, 7) is 6.61. The number of aryl methyl sites for hydroxylation is 1. The number of carbonyl (C=O) groups excluding carboxylic acids is 2. The third-order valence-corrected chi connectivity index (χ3v) is 8.97. The Morgan fingerprint density at radius 3 is 2.25 bits per heavy atom. The monoisotopic (exact) mass is 649 g/mol. The largest absolute Gasteiger partial charge is 0.496 e. The highest BCUT2D eigenvalue weighted by atomic mass is 79.9. The summed E-state index contributed by atoms with van der Waals surface area (Å²) in [5.41, 5.74) is 1.87. The van der Waals surface area contributed by atoms with E-state index in [1.54, 1.807) is 55.5 Å². The van der Waals surface area contributed by atoms with Gasteiger partial charge < -0.3 is 15.0 Å². The van der Waals surface area contributed by atoms with Gasteiger partial charge in [-0.2, -0.15) is 0 Å². The van der Waals surface area contributed by atoms with Crippen molar-refractivity contribution in [2.24, 2.45) is 0 Å². The smallest absolute Gasteiger partial charge is 0.264 e. The van der Waals surface area contributed by atoms with E-state index in [1.165, 1.54) is 30.2 Å². The van der Waals surface area contributed by atoms with Crippen LogP contribution < -0.4 is 14.4 Å². The molecule has 0 aliphatic rings. The van der Waals surface area contributed by atoms with Crippen LogP contribution in [0, 0.1) is 6.92 Å². The first-order valence-corrected chi connectivity index (χ1v) is 15.2. The molecule has 0 aliphatic carbocycles. The molecule has 1 unspecified atom stereocenters. The fraction of sp³-hybridized carbons (Fsp3) is 0.310. The summed E-state index contributed by atoms with van der Waals surface area (Å²) in [6, 6.07) is 17.2. The molecule has 8 nitrogen and oxygen atoms in total. The van der Waals surface area contributed by atoms with Crippen LogP contribution in [0.1, 0.15) is 31.9 Å². The fourth-order valence-electron chi connectivity index (χ4n) is 3.97. The van der Waals surface area contributed by atoms with Crippen molar-refractivity contribution in [1.29, 1.82) is 0 Å². The van der Waals surface area contributed by atoms with Crippen LogP contribution >= 0.6 is 27.5 Å². The molecule has 40 heavy (non-hydrogen) atoms. The number of nitrogens with one attached hydrogen (secondary N) is 1. The molecule has 0 aromatic heterocycles. The second kappa shape index (κ2) is 13.5. The first kappa shape index (κ1) is 31.4. The van der Waals surface area contributed by atoms with Crippen molar-refractivity contribution in [2.75, 3.05) is 18.0 Å². The lowest BCUT2D eigenvalue weighted by molar-refractivity contribution is -0.139. The predicted molar refractivity (Wildman–Crippen MR) is 161 cm³/mol. The van der Waals surface area contributed by atoms with E-state index >= 15 is 0 Å². The van der Waals surface area contributed by atoms with Gasteiger partial charge in [-0.05, 0) is 85.6 Å². The molecule has 0 bridgehead atoms. The molecular formula is C29H33BrClN3O5S. The normalized spacial score (nSPS) is 12.1. The fourth-order valence-corrected chi connectivity index (χ4v) is 6.30. The summed E-state index contributed by atoms with van der Waals surface area (Å²) in [6.07, 6.45) is 0. The van der Waals surface area contributed by atoms with E-state index in [9.17, 15) is 18.0 Å². The lowest BCUT2D eigenvalue weighted by Crippen LogP contribution is -2.52. The standard InChI is InChI=1S/C29H33BrClN3O5S/c1-19(2)32-29(36)21(4)33(17-22-8-6-7-9-26(22)31)28(35)18-34(23-12-10-20(3)11-13-23)40(37,38)24-14-15-27(39-5)25(30)16-24/h6-16,19,21H,17-18H2,1-5H3,(H,32,36). The van der Waals surface area contributed by atoms with Gasteiger partial charge in [0.05, 0.1) is 22.2 Å². The number of ether oxygens (including phenoxy) is 1. The van der Waals surface area contributed by atoms with Crippen LogP contribution in [-0.4, -0.2) is 50.9 Å².